The lowest BCUT2D eigenvalue weighted by Gasteiger charge is -2.04. The second-order valence-corrected chi connectivity index (χ2v) is 4.02. The first-order valence-electron chi connectivity index (χ1n) is 4.52. The number of nitrogens with two attached hydrogens (primary N) is 1. The lowest BCUT2D eigenvalue weighted by molar-refractivity contribution is 0.102. The van der Waals surface area contributed by atoms with Gasteiger partial charge in [-0.05, 0) is 34.1 Å². The zero-order chi connectivity index (χ0) is 11.5. The van der Waals surface area contributed by atoms with Crippen LogP contribution in [0, 0.1) is 0 Å². The second-order valence-electron chi connectivity index (χ2n) is 3.16. The Labute approximate surface area is 100 Å². The topological polar surface area (TPSA) is 83.8 Å². The molecule has 0 aliphatic carbocycles. The van der Waals surface area contributed by atoms with Crippen LogP contribution in [0.25, 0.3) is 0 Å². The van der Waals surface area contributed by atoms with Crippen LogP contribution in [0.2, 0.25) is 0 Å². The summed E-state index contributed by atoms with van der Waals surface area (Å²) in [5.41, 5.74) is 6.75. The van der Waals surface area contributed by atoms with Gasteiger partial charge in [-0.25, -0.2) is 0 Å². The van der Waals surface area contributed by atoms with Gasteiger partial charge in [0.2, 0.25) is 0 Å². The summed E-state index contributed by atoms with van der Waals surface area (Å²) in [6, 6.07) is 6.67. The normalized spacial score (nSPS) is 10.1. The number of anilines is 2. The number of H-pyrrole nitrogens is 1. The van der Waals surface area contributed by atoms with Crippen molar-refractivity contribution in [1.82, 2.24) is 10.2 Å². The lowest BCUT2D eigenvalue weighted by Crippen LogP contribution is -2.12. The number of carbonyl (C=O) groups excluding carboxylic acids is 1. The first-order chi connectivity index (χ1) is 7.66. The maximum Gasteiger partial charge on any atom is 0.256 e. The van der Waals surface area contributed by atoms with E-state index in [2.05, 4.69) is 31.4 Å². The molecule has 0 bridgehead atoms. The standard InChI is InChI=1S/C10H9BrN4O/c11-7-5-6(1-2-8(7)12)10(16)14-9-3-4-13-15-9/h1-5H,12H2,(H2,13,14,15,16). The molecule has 0 atom stereocenters. The van der Waals surface area contributed by atoms with E-state index < -0.39 is 0 Å². The van der Waals surface area contributed by atoms with Gasteiger partial charge < -0.3 is 11.1 Å². The second kappa shape index (κ2) is 4.36. The Bertz CT molecular complexity index is 510. The van der Waals surface area contributed by atoms with E-state index in [9.17, 15) is 4.79 Å². The van der Waals surface area contributed by atoms with Crippen LogP contribution < -0.4 is 11.1 Å². The summed E-state index contributed by atoms with van der Waals surface area (Å²) in [5, 5.41) is 9.04. The Morgan fingerprint density at radius 1 is 1.44 bits per heavy atom. The number of nitrogen functional groups attached to an aromatic ring is 1. The molecule has 2 aromatic rings. The molecule has 0 saturated carbocycles. The molecule has 2 rings (SSSR count). The van der Waals surface area contributed by atoms with Crippen molar-refractivity contribution in [3.63, 3.8) is 0 Å². The van der Waals surface area contributed by atoms with Crippen molar-refractivity contribution in [2.75, 3.05) is 11.1 Å². The first-order valence-corrected chi connectivity index (χ1v) is 5.32. The third-order valence-electron chi connectivity index (χ3n) is 2.01. The van der Waals surface area contributed by atoms with Crippen LogP contribution in [-0.2, 0) is 0 Å². The lowest BCUT2D eigenvalue weighted by atomic mass is 10.2. The van der Waals surface area contributed by atoms with E-state index in [1.165, 1.54) is 0 Å². The van der Waals surface area contributed by atoms with Crippen molar-refractivity contribution in [1.29, 1.82) is 0 Å². The molecule has 16 heavy (non-hydrogen) atoms. The number of carbonyl (C=O) groups is 1. The molecule has 1 aromatic heterocycles. The fourth-order valence-electron chi connectivity index (χ4n) is 1.19. The third-order valence-corrected chi connectivity index (χ3v) is 2.70. The van der Waals surface area contributed by atoms with Gasteiger partial charge in [-0.1, -0.05) is 0 Å². The maximum atomic E-state index is 11.8. The van der Waals surface area contributed by atoms with E-state index in [4.69, 9.17) is 5.73 Å². The molecule has 0 unspecified atom stereocenters. The molecular weight excluding hydrogens is 272 g/mol. The highest BCUT2D eigenvalue weighted by molar-refractivity contribution is 9.10. The summed E-state index contributed by atoms with van der Waals surface area (Å²) in [5.74, 6) is 0.336. The molecule has 0 aliphatic rings. The van der Waals surface area contributed by atoms with Crippen LogP contribution in [-0.4, -0.2) is 16.1 Å². The third kappa shape index (κ3) is 2.22. The zero-order valence-corrected chi connectivity index (χ0v) is 9.78. The number of halogens is 1. The van der Waals surface area contributed by atoms with Gasteiger partial charge in [-0.3, -0.25) is 9.89 Å². The number of aromatic nitrogens is 2. The maximum absolute atomic E-state index is 11.8. The number of hydrogen-bond donors (Lipinski definition) is 3. The van der Waals surface area contributed by atoms with E-state index in [1.54, 1.807) is 30.5 Å². The Kier molecular flexibility index (Phi) is 2.91. The molecule has 4 N–H and O–H groups in total. The van der Waals surface area contributed by atoms with Crippen molar-refractivity contribution < 1.29 is 4.79 Å². The van der Waals surface area contributed by atoms with Crippen molar-refractivity contribution in [2.24, 2.45) is 0 Å². The summed E-state index contributed by atoms with van der Waals surface area (Å²) in [6.45, 7) is 0. The highest BCUT2D eigenvalue weighted by Crippen LogP contribution is 2.20. The number of aromatic amines is 1. The van der Waals surface area contributed by atoms with E-state index in [0.29, 0.717) is 21.5 Å². The summed E-state index contributed by atoms with van der Waals surface area (Å²) >= 11 is 3.27. The minimum Gasteiger partial charge on any atom is -0.398 e. The van der Waals surface area contributed by atoms with Crippen molar-refractivity contribution >= 4 is 33.3 Å². The van der Waals surface area contributed by atoms with Crippen LogP contribution in [0.3, 0.4) is 0 Å². The molecule has 1 amide bonds. The summed E-state index contributed by atoms with van der Waals surface area (Å²) in [6.07, 6.45) is 1.56. The molecule has 6 heteroatoms. The molecule has 0 aliphatic heterocycles. The van der Waals surface area contributed by atoms with Crippen molar-refractivity contribution in [3.05, 3.63) is 40.5 Å². The van der Waals surface area contributed by atoms with Crippen LogP contribution >= 0.6 is 15.9 Å². The number of nitrogens with one attached hydrogen (secondary N) is 2. The molecule has 0 saturated heterocycles. The number of nitrogens with zero attached hydrogens (tertiary/aromatic N) is 1. The van der Waals surface area contributed by atoms with E-state index in [-0.39, 0.29) is 5.91 Å². The van der Waals surface area contributed by atoms with E-state index >= 15 is 0 Å². The minimum atomic E-state index is -0.218. The highest BCUT2D eigenvalue weighted by atomic mass is 79.9. The molecule has 1 aromatic carbocycles. The van der Waals surface area contributed by atoms with Crippen LogP contribution in [0.1, 0.15) is 10.4 Å². The van der Waals surface area contributed by atoms with Crippen LogP contribution in [0.4, 0.5) is 11.5 Å². The number of benzene rings is 1. The molecule has 0 fully saturated rings. The molecule has 5 nitrogen and oxygen atoms in total. The molecule has 82 valence electrons. The fraction of sp³-hybridized carbons (Fsp3) is 0. The molecule has 0 radical (unpaired) electrons. The highest BCUT2D eigenvalue weighted by Gasteiger charge is 2.08. The van der Waals surface area contributed by atoms with Gasteiger partial charge in [-0.15, -0.1) is 0 Å². The van der Waals surface area contributed by atoms with Gasteiger partial charge in [0.25, 0.3) is 5.91 Å². The Morgan fingerprint density at radius 2 is 2.25 bits per heavy atom. The Balaban J connectivity index is 2.18. The van der Waals surface area contributed by atoms with Crippen LogP contribution in [0.5, 0.6) is 0 Å². The largest absolute Gasteiger partial charge is 0.398 e. The molecule has 0 spiro atoms. The average molecular weight is 281 g/mol. The van der Waals surface area contributed by atoms with Gasteiger partial charge in [0.15, 0.2) is 0 Å². The van der Waals surface area contributed by atoms with Crippen LogP contribution in [0.15, 0.2) is 34.9 Å². The number of amides is 1. The van der Waals surface area contributed by atoms with Gasteiger partial charge in [0.1, 0.15) is 5.82 Å². The SMILES string of the molecule is Nc1ccc(C(=O)Nc2ccn[nH]2)cc1Br. The zero-order valence-electron chi connectivity index (χ0n) is 8.20. The van der Waals surface area contributed by atoms with E-state index in [1.807, 2.05) is 0 Å². The van der Waals surface area contributed by atoms with Gasteiger partial charge in [-0.2, -0.15) is 5.10 Å². The quantitative estimate of drug-likeness (QED) is 0.736. The van der Waals surface area contributed by atoms with Crippen molar-refractivity contribution in [3.8, 4) is 0 Å². The first kappa shape index (κ1) is 10.7. The van der Waals surface area contributed by atoms with Gasteiger partial charge >= 0.3 is 0 Å². The predicted molar refractivity (Wildman–Crippen MR) is 65.1 cm³/mol. The Hall–Kier alpha value is -1.82. The average Bonchev–Trinajstić information content (AvgIpc) is 2.74. The smallest absolute Gasteiger partial charge is 0.256 e. The van der Waals surface area contributed by atoms with Gasteiger partial charge in [0, 0.05) is 21.8 Å². The molecule has 1 heterocycles. The van der Waals surface area contributed by atoms with Crippen molar-refractivity contribution in [2.45, 2.75) is 0 Å². The molecular formula is C10H9BrN4O. The Morgan fingerprint density at radius 3 is 2.88 bits per heavy atom. The summed E-state index contributed by atoms with van der Waals surface area (Å²) < 4.78 is 0.699. The number of rotatable bonds is 2. The minimum absolute atomic E-state index is 0.218. The predicted octanol–water partition coefficient (Wildman–Crippen LogP) is 2.01. The monoisotopic (exact) mass is 280 g/mol. The fourth-order valence-corrected chi connectivity index (χ4v) is 1.57. The van der Waals surface area contributed by atoms with E-state index in [0.717, 1.165) is 0 Å². The van der Waals surface area contributed by atoms with Gasteiger partial charge in [0.05, 0.1) is 6.20 Å². The summed E-state index contributed by atoms with van der Waals surface area (Å²) in [7, 11) is 0. The summed E-state index contributed by atoms with van der Waals surface area (Å²) in [4.78, 5) is 11.8. The number of hydrogen-bond acceptors (Lipinski definition) is 3.